The fourth-order valence-electron chi connectivity index (χ4n) is 3.14. The minimum atomic E-state index is -0.123. The SMILES string of the molecule is CCc1ccc(N=C2S/C(=C\c3cc(Br)c(Br)o3)C(=O)N2c2ccc(CC)cc2)cc1. The Kier molecular flexibility index (Phi) is 6.84. The summed E-state index contributed by atoms with van der Waals surface area (Å²) in [4.78, 5) is 20.4. The molecule has 2 aromatic carbocycles. The molecule has 1 fully saturated rings. The van der Waals surface area contributed by atoms with Crippen molar-refractivity contribution < 1.29 is 9.21 Å². The first kappa shape index (κ1) is 22.1. The Labute approximate surface area is 202 Å². The van der Waals surface area contributed by atoms with Crippen molar-refractivity contribution in [2.75, 3.05) is 4.90 Å². The number of halogens is 2. The van der Waals surface area contributed by atoms with Gasteiger partial charge in [0.1, 0.15) is 5.76 Å². The van der Waals surface area contributed by atoms with Gasteiger partial charge in [-0.2, -0.15) is 0 Å². The maximum atomic E-state index is 13.3. The molecule has 31 heavy (non-hydrogen) atoms. The summed E-state index contributed by atoms with van der Waals surface area (Å²) in [6.45, 7) is 4.23. The number of anilines is 1. The number of carbonyl (C=O) groups is 1. The standard InChI is InChI=1S/C24H20Br2N2O2S/c1-3-15-5-9-17(10-6-15)27-24-28(18-11-7-16(4-2)8-12-18)23(29)21(31-24)14-19-13-20(25)22(26)30-19/h5-14H,3-4H2,1-2H3/b21-14-,27-24?. The summed E-state index contributed by atoms with van der Waals surface area (Å²) >= 11 is 8.10. The highest BCUT2D eigenvalue weighted by Crippen LogP contribution is 2.38. The molecule has 1 aromatic heterocycles. The molecule has 2 heterocycles. The molecule has 0 saturated carbocycles. The predicted molar refractivity (Wildman–Crippen MR) is 136 cm³/mol. The zero-order valence-corrected chi connectivity index (χ0v) is 21.1. The van der Waals surface area contributed by atoms with Gasteiger partial charge in [-0.25, -0.2) is 4.99 Å². The first-order valence-corrected chi connectivity index (χ1v) is 12.3. The second-order valence-corrected chi connectivity index (χ2v) is 9.54. The van der Waals surface area contributed by atoms with Crippen LogP contribution in [0, 0.1) is 0 Å². The minimum Gasteiger partial charge on any atom is -0.449 e. The maximum Gasteiger partial charge on any atom is 0.271 e. The van der Waals surface area contributed by atoms with Gasteiger partial charge in [0.15, 0.2) is 9.84 Å². The fourth-order valence-corrected chi connectivity index (χ4v) is 4.73. The number of amides is 1. The van der Waals surface area contributed by atoms with Gasteiger partial charge in [-0.05, 0) is 97.9 Å². The molecule has 1 aliphatic rings. The summed E-state index contributed by atoms with van der Waals surface area (Å²) < 4.78 is 7.03. The van der Waals surface area contributed by atoms with Gasteiger partial charge in [-0.1, -0.05) is 38.1 Å². The lowest BCUT2D eigenvalue weighted by Crippen LogP contribution is -2.28. The largest absolute Gasteiger partial charge is 0.449 e. The molecular formula is C24H20Br2N2O2S. The van der Waals surface area contributed by atoms with Crippen molar-refractivity contribution in [2.24, 2.45) is 4.99 Å². The number of hydrogen-bond acceptors (Lipinski definition) is 4. The summed E-state index contributed by atoms with van der Waals surface area (Å²) in [5.41, 5.74) is 4.08. The number of nitrogens with zero attached hydrogens (tertiary/aromatic N) is 2. The van der Waals surface area contributed by atoms with E-state index < -0.39 is 0 Å². The van der Waals surface area contributed by atoms with E-state index in [1.165, 1.54) is 22.9 Å². The summed E-state index contributed by atoms with van der Waals surface area (Å²) in [6.07, 6.45) is 3.67. The van der Waals surface area contributed by atoms with Crippen LogP contribution in [0.5, 0.6) is 0 Å². The highest BCUT2D eigenvalue weighted by atomic mass is 79.9. The van der Waals surface area contributed by atoms with E-state index in [1.807, 2.05) is 42.5 Å². The van der Waals surface area contributed by atoms with Gasteiger partial charge in [0, 0.05) is 6.08 Å². The molecule has 0 N–H and O–H groups in total. The number of rotatable bonds is 5. The van der Waals surface area contributed by atoms with E-state index in [9.17, 15) is 4.79 Å². The van der Waals surface area contributed by atoms with Crippen molar-refractivity contribution in [1.29, 1.82) is 0 Å². The molecule has 1 amide bonds. The Morgan fingerprint density at radius 2 is 1.61 bits per heavy atom. The van der Waals surface area contributed by atoms with Crippen LogP contribution in [0.25, 0.3) is 6.08 Å². The van der Waals surface area contributed by atoms with Gasteiger partial charge in [0.2, 0.25) is 0 Å². The number of amidine groups is 1. The molecule has 0 aliphatic carbocycles. The molecular weight excluding hydrogens is 540 g/mol. The molecule has 158 valence electrons. The second kappa shape index (κ2) is 9.59. The van der Waals surface area contributed by atoms with Crippen molar-refractivity contribution in [2.45, 2.75) is 26.7 Å². The zero-order valence-electron chi connectivity index (χ0n) is 17.1. The van der Waals surface area contributed by atoms with Gasteiger partial charge in [-0.3, -0.25) is 9.69 Å². The Morgan fingerprint density at radius 1 is 1.00 bits per heavy atom. The topological polar surface area (TPSA) is 45.8 Å². The second-order valence-electron chi connectivity index (χ2n) is 6.96. The Morgan fingerprint density at radius 3 is 2.16 bits per heavy atom. The van der Waals surface area contributed by atoms with Crippen molar-refractivity contribution in [3.63, 3.8) is 0 Å². The molecule has 1 aliphatic heterocycles. The Hall–Kier alpha value is -2.09. The minimum absolute atomic E-state index is 0.123. The monoisotopic (exact) mass is 558 g/mol. The summed E-state index contributed by atoms with van der Waals surface area (Å²) in [5, 5.41) is 0.620. The van der Waals surface area contributed by atoms with Crippen molar-refractivity contribution in [3.05, 3.63) is 85.5 Å². The van der Waals surface area contributed by atoms with Crippen molar-refractivity contribution >= 4 is 72.1 Å². The molecule has 0 atom stereocenters. The number of furan rings is 1. The van der Waals surface area contributed by atoms with Gasteiger partial charge in [-0.15, -0.1) is 0 Å². The molecule has 0 bridgehead atoms. The van der Waals surface area contributed by atoms with Crippen LogP contribution in [0.2, 0.25) is 0 Å². The van der Waals surface area contributed by atoms with Crippen LogP contribution < -0.4 is 4.90 Å². The smallest absolute Gasteiger partial charge is 0.271 e. The van der Waals surface area contributed by atoms with Crippen molar-refractivity contribution in [1.82, 2.24) is 0 Å². The van der Waals surface area contributed by atoms with E-state index >= 15 is 0 Å². The average Bonchev–Trinajstić information content (AvgIpc) is 3.26. The normalized spacial score (nSPS) is 16.6. The van der Waals surface area contributed by atoms with Crippen LogP contribution in [0.1, 0.15) is 30.7 Å². The van der Waals surface area contributed by atoms with Crippen LogP contribution in [-0.4, -0.2) is 11.1 Å². The molecule has 7 heteroatoms. The van der Waals surface area contributed by atoms with E-state index in [-0.39, 0.29) is 5.91 Å². The molecule has 0 spiro atoms. The Bertz CT molecular complexity index is 1150. The van der Waals surface area contributed by atoms with E-state index in [1.54, 1.807) is 11.0 Å². The zero-order chi connectivity index (χ0) is 22.0. The van der Waals surface area contributed by atoms with E-state index in [4.69, 9.17) is 9.41 Å². The Balaban J connectivity index is 1.74. The van der Waals surface area contributed by atoms with Crippen LogP contribution in [0.4, 0.5) is 11.4 Å². The fraction of sp³-hybridized carbons (Fsp3) is 0.167. The van der Waals surface area contributed by atoms with E-state index in [2.05, 4.69) is 57.8 Å². The first-order chi connectivity index (χ1) is 15.0. The lowest BCUT2D eigenvalue weighted by molar-refractivity contribution is -0.113. The third-order valence-corrected chi connectivity index (χ3v) is 7.60. The van der Waals surface area contributed by atoms with E-state index in [0.29, 0.717) is 20.5 Å². The third-order valence-electron chi connectivity index (χ3n) is 4.92. The lowest BCUT2D eigenvalue weighted by atomic mass is 10.1. The van der Waals surface area contributed by atoms with Gasteiger partial charge < -0.3 is 4.42 Å². The highest BCUT2D eigenvalue weighted by molar-refractivity contribution is 9.13. The third kappa shape index (κ3) is 4.89. The molecule has 1 saturated heterocycles. The number of aryl methyl sites for hydroxylation is 2. The number of benzene rings is 2. The first-order valence-electron chi connectivity index (χ1n) is 9.94. The van der Waals surface area contributed by atoms with Crippen LogP contribution in [-0.2, 0) is 17.6 Å². The molecule has 0 unspecified atom stereocenters. The quantitative estimate of drug-likeness (QED) is 0.300. The lowest BCUT2D eigenvalue weighted by Gasteiger charge is -2.16. The predicted octanol–water partition coefficient (Wildman–Crippen LogP) is 7.74. The summed E-state index contributed by atoms with van der Waals surface area (Å²) in [5.74, 6) is 0.464. The highest BCUT2D eigenvalue weighted by Gasteiger charge is 2.35. The number of hydrogen-bond donors (Lipinski definition) is 0. The summed E-state index contributed by atoms with van der Waals surface area (Å²) in [6, 6.07) is 17.9. The maximum absolute atomic E-state index is 13.3. The average molecular weight is 560 g/mol. The summed E-state index contributed by atoms with van der Waals surface area (Å²) in [7, 11) is 0. The molecule has 4 nitrogen and oxygen atoms in total. The van der Waals surface area contributed by atoms with Gasteiger partial charge in [0.25, 0.3) is 5.91 Å². The number of aliphatic imine (C=N–C) groups is 1. The van der Waals surface area contributed by atoms with E-state index in [0.717, 1.165) is 28.7 Å². The number of thioether (sulfide) groups is 1. The van der Waals surface area contributed by atoms with Crippen LogP contribution in [0.3, 0.4) is 0 Å². The molecule has 0 radical (unpaired) electrons. The molecule has 4 rings (SSSR count). The van der Waals surface area contributed by atoms with Crippen LogP contribution >= 0.6 is 43.6 Å². The van der Waals surface area contributed by atoms with Crippen molar-refractivity contribution in [3.8, 4) is 0 Å². The van der Waals surface area contributed by atoms with Crippen LogP contribution in [0.15, 0.2) is 78.1 Å². The molecule has 3 aromatic rings. The van der Waals surface area contributed by atoms with Gasteiger partial charge >= 0.3 is 0 Å². The van der Waals surface area contributed by atoms with Gasteiger partial charge in [0.05, 0.1) is 20.8 Å². The number of carbonyl (C=O) groups excluding carboxylic acids is 1.